The summed E-state index contributed by atoms with van der Waals surface area (Å²) in [4.78, 5) is 0. The summed E-state index contributed by atoms with van der Waals surface area (Å²) in [7, 11) is 0. The summed E-state index contributed by atoms with van der Waals surface area (Å²) in [5.74, 6) is 0. The standard InChI is InChI=1S/C15H23ClN4/c1-10(2)18-15(9-17)7-5-6-13(8-15)20-12(4)14(16)11(3)19-20/h10,13,18H,5-8H2,1-4H3. The van der Waals surface area contributed by atoms with Gasteiger partial charge in [-0.25, -0.2) is 0 Å². The van der Waals surface area contributed by atoms with Crippen LogP contribution in [0.25, 0.3) is 0 Å². The van der Waals surface area contributed by atoms with Gasteiger partial charge in [0, 0.05) is 12.5 Å². The van der Waals surface area contributed by atoms with Crippen LogP contribution in [0, 0.1) is 25.2 Å². The van der Waals surface area contributed by atoms with Crippen molar-refractivity contribution in [2.75, 3.05) is 0 Å². The Balaban J connectivity index is 2.26. The van der Waals surface area contributed by atoms with Gasteiger partial charge in [-0.3, -0.25) is 10.00 Å². The molecular weight excluding hydrogens is 272 g/mol. The minimum absolute atomic E-state index is 0.251. The number of nitriles is 1. The van der Waals surface area contributed by atoms with E-state index < -0.39 is 5.54 Å². The molecule has 5 heteroatoms. The van der Waals surface area contributed by atoms with Crippen LogP contribution in [0.2, 0.25) is 5.02 Å². The van der Waals surface area contributed by atoms with Crippen molar-refractivity contribution in [2.24, 2.45) is 0 Å². The van der Waals surface area contributed by atoms with E-state index in [-0.39, 0.29) is 6.04 Å². The summed E-state index contributed by atoms with van der Waals surface area (Å²) in [6.45, 7) is 8.10. The Morgan fingerprint density at radius 3 is 2.70 bits per heavy atom. The fourth-order valence-electron chi connectivity index (χ4n) is 3.27. The normalized spacial score (nSPS) is 26.8. The summed E-state index contributed by atoms with van der Waals surface area (Å²) in [6, 6.07) is 3.06. The maximum Gasteiger partial charge on any atom is 0.109 e. The van der Waals surface area contributed by atoms with Crippen LogP contribution in [0.3, 0.4) is 0 Å². The first-order valence-electron chi connectivity index (χ1n) is 7.28. The number of aryl methyl sites for hydroxylation is 1. The highest BCUT2D eigenvalue weighted by Crippen LogP contribution is 2.37. The highest BCUT2D eigenvalue weighted by molar-refractivity contribution is 6.31. The van der Waals surface area contributed by atoms with Gasteiger partial charge in [0.25, 0.3) is 0 Å². The lowest BCUT2D eigenvalue weighted by atomic mass is 9.79. The largest absolute Gasteiger partial charge is 0.297 e. The van der Waals surface area contributed by atoms with E-state index in [2.05, 4.69) is 30.3 Å². The van der Waals surface area contributed by atoms with Gasteiger partial charge in [0.15, 0.2) is 0 Å². The van der Waals surface area contributed by atoms with Crippen LogP contribution in [0.5, 0.6) is 0 Å². The second kappa shape index (κ2) is 5.75. The average molecular weight is 295 g/mol. The van der Waals surface area contributed by atoms with Gasteiger partial charge < -0.3 is 0 Å². The van der Waals surface area contributed by atoms with Crippen molar-refractivity contribution in [1.29, 1.82) is 5.26 Å². The number of aromatic nitrogens is 2. The lowest BCUT2D eigenvalue weighted by molar-refractivity contribution is 0.207. The molecule has 1 aliphatic rings. The molecule has 1 aliphatic carbocycles. The molecule has 0 aliphatic heterocycles. The van der Waals surface area contributed by atoms with Crippen LogP contribution in [0.4, 0.5) is 0 Å². The number of hydrogen-bond donors (Lipinski definition) is 1. The maximum atomic E-state index is 9.62. The molecule has 1 aromatic heterocycles. The third-order valence-corrected chi connectivity index (χ3v) is 4.63. The fourth-order valence-corrected chi connectivity index (χ4v) is 3.39. The van der Waals surface area contributed by atoms with Gasteiger partial charge in [-0.15, -0.1) is 0 Å². The minimum Gasteiger partial charge on any atom is -0.297 e. The van der Waals surface area contributed by atoms with Crippen molar-refractivity contribution in [3.8, 4) is 6.07 Å². The summed E-state index contributed by atoms with van der Waals surface area (Å²) in [6.07, 6.45) is 3.79. The van der Waals surface area contributed by atoms with E-state index in [0.29, 0.717) is 6.04 Å². The van der Waals surface area contributed by atoms with Gasteiger partial charge >= 0.3 is 0 Å². The smallest absolute Gasteiger partial charge is 0.109 e. The average Bonchev–Trinajstić information content (AvgIpc) is 2.66. The molecule has 2 rings (SSSR count). The molecule has 2 atom stereocenters. The number of rotatable bonds is 3. The van der Waals surface area contributed by atoms with Crippen molar-refractivity contribution < 1.29 is 0 Å². The molecule has 4 nitrogen and oxygen atoms in total. The molecular formula is C15H23ClN4. The highest BCUT2D eigenvalue weighted by Gasteiger charge is 2.38. The summed E-state index contributed by atoms with van der Waals surface area (Å²) < 4.78 is 2.02. The van der Waals surface area contributed by atoms with E-state index in [1.807, 2.05) is 18.5 Å². The second-order valence-electron chi connectivity index (χ2n) is 6.17. The number of nitrogens with one attached hydrogen (secondary N) is 1. The Morgan fingerprint density at radius 2 is 2.20 bits per heavy atom. The third-order valence-electron chi connectivity index (χ3n) is 4.09. The molecule has 0 aromatic carbocycles. The van der Waals surface area contributed by atoms with Gasteiger partial charge in [0.05, 0.1) is 28.5 Å². The quantitative estimate of drug-likeness (QED) is 0.928. The van der Waals surface area contributed by atoms with E-state index in [9.17, 15) is 5.26 Å². The van der Waals surface area contributed by atoms with Crippen molar-refractivity contribution in [3.63, 3.8) is 0 Å². The predicted octanol–water partition coefficient (Wildman–Crippen LogP) is 3.53. The Hall–Kier alpha value is -1.05. The van der Waals surface area contributed by atoms with Crippen LogP contribution >= 0.6 is 11.6 Å². The van der Waals surface area contributed by atoms with Gasteiger partial charge in [0.1, 0.15) is 5.54 Å². The maximum absolute atomic E-state index is 9.62. The Morgan fingerprint density at radius 1 is 1.50 bits per heavy atom. The Kier molecular flexibility index (Phi) is 4.41. The molecule has 0 saturated heterocycles. The first-order chi connectivity index (χ1) is 9.38. The zero-order chi connectivity index (χ0) is 14.9. The van der Waals surface area contributed by atoms with Crippen molar-refractivity contribution in [2.45, 2.75) is 71.0 Å². The molecule has 1 fully saturated rings. The topological polar surface area (TPSA) is 53.6 Å². The van der Waals surface area contributed by atoms with Crippen molar-refractivity contribution in [3.05, 3.63) is 16.4 Å². The lowest BCUT2D eigenvalue weighted by Crippen LogP contribution is -2.50. The zero-order valence-corrected chi connectivity index (χ0v) is 13.5. The number of hydrogen-bond acceptors (Lipinski definition) is 3. The summed E-state index contributed by atoms with van der Waals surface area (Å²) in [5, 5.41) is 18.4. The van der Waals surface area contributed by atoms with Gasteiger partial charge in [-0.2, -0.15) is 10.4 Å². The summed E-state index contributed by atoms with van der Waals surface area (Å²) in [5.41, 5.74) is 1.44. The van der Waals surface area contributed by atoms with E-state index in [4.69, 9.17) is 11.6 Å². The third kappa shape index (κ3) is 2.84. The molecule has 1 N–H and O–H groups in total. The Bertz CT molecular complexity index is 529. The van der Waals surface area contributed by atoms with Gasteiger partial charge in [-0.1, -0.05) is 11.6 Å². The Labute approximate surface area is 126 Å². The summed E-state index contributed by atoms with van der Waals surface area (Å²) >= 11 is 6.24. The monoisotopic (exact) mass is 294 g/mol. The minimum atomic E-state index is -0.435. The fraction of sp³-hybridized carbons (Fsp3) is 0.733. The van der Waals surface area contributed by atoms with Crippen LogP contribution in [0.15, 0.2) is 0 Å². The van der Waals surface area contributed by atoms with Crippen LogP contribution in [-0.4, -0.2) is 21.4 Å². The molecule has 0 bridgehead atoms. The van der Waals surface area contributed by atoms with Crippen molar-refractivity contribution in [1.82, 2.24) is 15.1 Å². The highest BCUT2D eigenvalue weighted by atomic mass is 35.5. The molecule has 2 unspecified atom stereocenters. The molecule has 1 saturated carbocycles. The lowest BCUT2D eigenvalue weighted by Gasteiger charge is -2.38. The first kappa shape index (κ1) is 15.3. The number of halogens is 1. The molecule has 0 amide bonds. The second-order valence-corrected chi connectivity index (χ2v) is 6.55. The van der Waals surface area contributed by atoms with E-state index in [0.717, 1.165) is 42.1 Å². The van der Waals surface area contributed by atoms with Crippen LogP contribution < -0.4 is 5.32 Å². The van der Waals surface area contributed by atoms with E-state index >= 15 is 0 Å². The molecule has 20 heavy (non-hydrogen) atoms. The zero-order valence-electron chi connectivity index (χ0n) is 12.7. The first-order valence-corrected chi connectivity index (χ1v) is 7.66. The van der Waals surface area contributed by atoms with Gasteiger partial charge in [-0.05, 0) is 47.0 Å². The van der Waals surface area contributed by atoms with E-state index in [1.54, 1.807) is 0 Å². The SMILES string of the molecule is Cc1nn(C2CCCC(C#N)(NC(C)C)C2)c(C)c1Cl. The van der Waals surface area contributed by atoms with Crippen LogP contribution in [0.1, 0.15) is 57.0 Å². The van der Waals surface area contributed by atoms with E-state index in [1.165, 1.54) is 0 Å². The molecule has 1 heterocycles. The number of nitrogens with zero attached hydrogens (tertiary/aromatic N) is 3. The molecule has 0 spiro atoms. The van der Waals surface area contributed by atoms with Gasteiger partial charge in [0.2, 0.25) is 0 Å². The predicted molar refractivity (Wildman–Crippen MR) is 80.8 cm³/mol. The molecule has 0 radical (unpaired) electrons. The van der Waals surface area contributed by atoms with Crippen molar-refractivity contribution >= 4 is 11.6 Å². The molecule has 1 aromatic rings. The molecule has 110 valence electrons. The van der Waals surface area contributed by atoms with Crippen LogP contribution in [-0.2, 0) is 0 Å².